The molecule has 24 heavy (non-hydrogen) atoms. The highest BCUT2D eigenvalue weighted by molar-refractivity contribution is 7.90. The molecular weight excluding hydrogens is 344 g/mol. The quantitative estimate of drug-likeness (QED) is 0.774. The molecule has 0 bridgehead atoms. The van der Waals surface area contributed by atoms with Gasteiger partial charge in [0.2, 0.25) is 0 Å². The highest BCUT2D eigenvalue weighted by Crippen LogP contribution is 2.36. The molecule has 0 saturated heterocycles. The maximum absolute atomic E-state index is 11.5. The molecule has 0 radical (unpaired) electrons. The Morgan fingerprint density at radius 3 is 2.29 bits per heavy atom. The van der Waals surface area contributed by atoms with E-state index in [1.165, 1.54) is 17.6 Å². The standard InChI is InChI=1S/C17H16N2O3S2/c1-17(20,13-7-9-18-10-8-13)15-11-19-16(23-15)12-3-5-14(6-4-12)24(2,21)22/h3-11,20H,1-2H3. The number of hydrogen-bond acceptors (Lipinski definition) is 6. The van der Waals surface area contributed by atoms with Gasteiger partial charge in [-0.15, -0.1) is 11.3 Å². The third-order valence-corrected chi connectivity index (χ3v) is 6.14. The lowest BCUT2D eigenvalue weighted by Crippen LogP contribution is -2.21. The van der Waals surface area contributed by atoms with Gasteiger partial charge in [-0.05, 0) is 36.8 Å². The Kier molecular flexibility index (Phi) is 4.25. The molecule has 0 fully saturated rings. The monoisotopic (exact) mass is 360 g/mol. The van der Waals surface area contributed by atoms with E-state index in [9.17, 15) is 13.5 Å². The lowest BCUT2D eigenvalue weighted by Gasteiger charge is -2.21. The van der Waals surface area contributed by atoms with Gasteiger partial charge in [0.25, 0.3) is 0 Å². The van der Waals surface area contributed by atoms with Crippen LogP contribution in [-0.2, 0) is 15.4 Å². The van der Waals surface area contributed by atoms with Gasteiger partial charge >= 0.3 is 0 Å². The SMILES string of the molecule is CC(O)(c1ccncc1)c1cnc(-c2ccc(S(C)(=O)=O)cc2)s1. The molecule has 124 valence electrons. The number of rotatable bonds is 4. The second-order valence-electron chi connectivity index (χ2n) is 5.63. The van der Waals surface area contributed by atoms with Crippen LogP contribution in [0.15, 0.2) is 59.9 Å². The van der Waals surface area contributed by atoms with Crippen LogP contribution in [0, 0.1) is 0 Å². The molecule has 7 heteroatoms. The van der Waals surface area contributed by atoms with Crippen LogP contribution < -0.4 is 0 Å². The number of thiazole rings is 1. The third kappa shape index (κ3) is 3.24. The summed E-state index contributed by atoms with van der Waals surface area (Å²) in [4.78, 5) is 9.30. The molecule has 0 aliphatic heterocycles. The van der Waals surface area contributed by atoms with Crippen molar-refractivity contribution >= 4 is 21.2 Å². The fraction of sp³-hybridized carbons (Fsp3) is 0.176. The zero-order chi connectivity index (χ0) is 17.4. The Balaban J connectivity index is 1.94. The Morgan fingerprint density at radius 1 is 1.08 bits per heavy atom. The van der Waals surface area contributed by atoms with E-state index in [-0.39, 0.29) is 4.90 Å². The van der Waals surface area contributed by atoms with E-state index in [0.29, 0.717) is 4.88 Å². The van der Waals surface area contributed by atoms with Crippen LogP contribution in [0.25, 0.3) is 10.6 Å². The fourth-order valence-corrected chi connectivity index (χ4v) is 3.92. The number of aromatic nitrogens is 2. The second kappa shape index (κ2) is 6.08. The van der Waals surface area contributed by atoms with Gasteiger partial charge in [-0.1, -0.05) is 12.1 Å². The molecular formula is C17H16N2O3S2. The highest BCUT2D eigenvalue weighted by atomic mass is 32.2. The van der Waals surface area contributed by atoms with E-state index >= 15 is 0 Å². The van der Waals surface area contributed by atoms with Crippen LogP contribution in [0.5, 0.6) is 0 Å². The average Bonchev–Trinajstić information content (AvgIpc) is 3.06. The highest BCUT2D eigenvalue weighted by Gasteiger charge is 2.28. The summed E-state index contributed by atoms with van der Waals surface area (Å²) in [5, 5.41) is 11.6. The van der Waals surface area contributed by atoms with Gasteiger partial charge in [0.1, 0.15) is 10.6 Å². The molecule has 1 atom stereocenters. The van der Waals surface area contributed by atoms with Crippen molar-refractivity contribution in [2.24, 2.45) is 0 Å². The number of aliphatic hydroxyl groups is 1. The first-order chi connectivity index (χ1) is 11.3. The molecule has 1 N–H and O–H groups in total. The van der Waals surface area contributed by atoms with Crippen LogP contribution in [0.2, 0.25) is 0 Å². The molecule has 0 aliphatic carbocycles. The third-order valence-electron chi connectivity index (χ3n) is 3.76. The van der Waals surface area contributed by atoms with Crippen molar-refractivity contribution in [1.82, 2.24) is 9.97 Å². The number of sulfone groups is 1. The van der Waals surface area contributed by atoms with Gasteiger partial charge in [0.15, 0.2) is 9.84 Å². The van der Waals surface area contributed by atoms with Crippen LogP contribution >= 0.6 is 11.3 Å². The van der Waals surface area contributed by atoms with Gasteiger partial charge in [0, 0.05) is 30.4 Å². The number of pyridine rings is 1. The zero-order valence-corrected chi connectivity index (χ0v) is 14.8. The minimum absolute atomic E-state index is 0.270. The fourth-order valence-electron chi connectivity index (χ4n) is 2.30. The van der Waals surface area contributed by atoms with Crippen LogP contribution in [0.3, 0.4) is 0 Å². The molecule has 2 aromatic heterocycles. The van der Waals surface area contributed by atoms with Crippen molar-refractivity contribution in [2.45, 2.75) is 17.4 Å². The van der Waals surface area contributed by atoms with Crippen molar-refractivity contribution in [3.8, 4) is 10.6 Å². The van der Waals surface area contributed by atoms with Crippen molar-refractivity contribution in [3.05, 3.63) is 65.4 Å². The summed E-state index contributed by atoms with van der Waals surface area (Å²) in [5.74, 6) is 0. The number of nitrogens with zero attached hydrogens (tertiary/aromatic N) is 2. The zero-order valence-electron chi connectivity index (χ0n) is 13.2. The normalized spacial score (nSPS) is 14.3. The van der Waals surface area contributed by atoms with E-state index < -0.39 is 15.4 Å². The number of benzene rings is 1. The number of hydrogen-bond donors (Lipinski definition) is 1. The molecule has 0 aliphatic rings. The molecule has 1 unspecified atom stereocenters. The summed E-state index contributed by atoms with van der Waals surface area (Å²) in [6, 6.07) is 10.1. The minimum Gasteiger partial charge on any atom is -0.380 e. The maximum atomic E-state index is 11.5. The summed E-state index contributed by atoms with van der Waals surface area (Å²) in [6.45, 7) is 1.71. The van der Waals surface area contributed by atoms with E-state index in [4.69, 9.17) is 0 Å². The molecule has 0 amide bonds. The van der Waals surface area contributed by atoms with Crippen LogP contribution in [0.1, 0.15) is 17.4 Å². The van der Waals surface area contributed by atoms with Gasteiger partial charge in [0.05, 0.1) is 9.77 Å². The van der Waals surface area contributed by atoms with E-state index in [0.717, 1.165) is 16.1 Å². The Hall–Kier alpha value is -2.09. The first-order valence-electron chi connectivity index (χ1n) is 7.18. The molecule has 3 rings (SSSR count). The summed E-state index contributed by atoms with van der Waals surface area (Å²) in [7, 11) is -3.22. The summed E-state index contributed by atoms with van der Waals surface area (Å²) < 4.78 is 23.0. The van der Waals surface area contributed by atoms with Crippen molar-refractivity contribution in [1.29, 1.82) is 0 Å². The predicted octanol–water partition coefficient (Wildman–Crippen LogP) is 2.86. The molecule has 2 heterocycles. The van der Waals surface area contributed by atoms with Gasteiger partial charge in [-0.2, -0.15) is 0 Å². The molecule has 0 spiro atoms. The van der Waals surface area contributed by atoms with E-state index in [1.54, 1.807) is 61.9 Å². The first-order valence-corrected chi connectivity index (χ1v) is 9.89. The molecule has 1 aromatic carbocycles. The van der Waals surface area contributed by atoms with Gasteiger partial charge in [-0.25, -0.2) is 13.4 Å². The van der Waals surface area contributed by atoms with Crippen LogP contribution in [-0.4, -0.2) is 29.7 Å². The Bertz CT molecular complexity index is 947. The molecule has 3 aromatic rings. The first kappa shape index (κ1) is 16.8. The smallest absolute Gasteiger partial charge is 0.175 e. The largest absolute Gasteiger partial charge is 0.380 e. The lowest BCUT2D eigenvalue weighted by molar-refractivity contribution is 0.106. The predicted molar refractivity (Wildman–Crippen MR) is 93.6 cm³/mol. The minimum atomic E-state index is -3.22. The van der Waals surface area contributed by atoms with Gasteiger partial charge < -0.3 is 5.11 Å². The summed E-state index contributed by atoms with van der Waals surface area (Å²) in [5.41, 5.74) is 0.384. The Morgan fingerprint density at radius 2 is 1.71 bits per heavy atom. The average molecular weight is 360 g/mol. The molecule has 0 saturated carbocycles. The van der Waals surface area contributed by atoms with Crippen molar-refractivity contribution in [2.75, 3.05) is 6.26 Å². The van der Waals surface area contributed by atoms with E-state index in [2.05, 4.69) is 9.97 Å². The van der Waals surface area contributed by atoms with Crippen LogP contribution in [0.4, 0.5) is 0 Å². The Labute approximate surface area is 144 Å². The lowest BCUT2D eigenvalue weighted by atomic mass is 9.96. The second-order valence-corrected chi connectivity index (χ2v) is 8.68. The van der Waals surface area contributed by atoms with Crippen molar-refractivity contribution in [3.63, 3.8) is 0 Å². The topological polar surface area (TPSA) is 80.2 Å². The molecule has 5 nitrogen and oxygen atoms in total. The summed E-state index contributed by atoms with van der Waals surface area (Å²) in [6.07, 6.45) is 6.09. The summed E-state index contributed by atoms with van der Waals surface area (Å²) >= 11 is 1.37. The van der Waals surface area contributed by atoms with Gasteiger partial charge in [-0.3, -0.25) is 4.98 Å². The van der Waals surface area contributed by atoms with E-state index in [1.807, 2.05) is 0 Å². The van der Waals surface area contributed by atoms with Crippen molar-refractivity contribution < 1.29 is 13.5 Å². The maximum Gasteiger partial charge on any atom is 0.175 e.